The Bertz CT molecular complexity index is 975. The molecule has 0 N–H and O–H groups in total. The van der Waals surface area contributed by atoms with Crippen molar-refractivity contribution in [2.24, 2.45) is 0 Å². The van der Waals surface area contributed by atoms with E-state index in [1.54, 1.807) is 0 Å². The molecule has 0 saturated carbocycles. The van der Waals surface area contributed by atoms with Crippen LogP contribution in [0.3, 0.4) is 0 Å². The second-order valence-corrected chi connectivity index (χ2v) is 7.70. The molecule has 0 aliphatic heterocycles. The zero-order valence-corrected chi connectivity index (χ0v) is 14.8. The standard InChI is InChI=1S/C17H5ClF8NP/c18-10-2-1-3-11(27-10)28(16-12(23)6(19)4-7(20)13(16)24)17-14(25)8(21)5-9(22)15(17)26/h1-5H. The third kappa shape index (κ3) is 3.44. The predicted octanol–water partition coefficient (Wildman–Crippen LogP) is 4.61. The Balaban J connectivity index is 2.48. The van der Waals surface area contributed by atoms with Gasteiger partial charge >= 0.3 is 0 Å². The van der Waals surface area contributed by atoms with Gasteiger partial charge in [0, 0.05) is 20.1 Å². The lowest BCUT2D eigenvalue weighted by atomic mass is 10.3. The van der Waals surface area contributed by atoms with Crippen LogP contribution in [-0.4, -0.2) is 4.98 Å². The molecule has 0 radical (unpaired) electrons. The molecule has 1 heterocycles. The summed E-state index contributed by atoms with van der Waals surface area (Å²) < 4.78 is 112. The molecule has 3 aromatic rings. The second-order valence-electron chi connectivity index (χ2n) is 5.29. The molecule has 0 saturated heterocycles. The first-order valence-electron chi connectivity index (χ1n) is 7.22. The number of rotatable bonds is 3. The van der Waals surface area contributed by atoms with Crippen LogP contribution in [0, 0.1) is 46.5 Å². The van der Waals surface area contributed by atoms with Crippen LogP contribution >= 0.6 is 19.5 Å². The average Bonchev–Trinajstić information content (AvgIpc) is 2.64. The first kappa shape index (κ1) is 20.5. The summed E-state index contributed by atoms with van der Waals surface area (Å²) in [6, 6.07) is 3.10. The highest BCUT2D eigenvalue weighted by Crippen LogP contribution is 2.38. The molecular formula is C17H5ClF8NP. The molecule has 0 unspecified atom stereocenters. The number of nitrogens with zero attached hydrogens (tertiary/aromatic N) is 1. The highest BCUT2D eigenvalue weighted by atomic mass is 35.5. The summed E-state index contributed by atoms with van der Waals surface area (Å²) in [5.41, 5.74) is -0.548. The molecule has 1 aromatic heterocycles. The minimum atomic E-state index is -3.27. The van der Waals surface area contributed by atoms with E-state index in [4.69, 9.17) is 11.6 Å². The maximum Gasteiger partial charge on any atom is 0.170 e. The largest absolute Gasteiger partial charge is 0.236 e. The molecule has 1 nitrogen and oxygen atoms in total. The Morgan fingerprint density at radius 1 is 0.643 bits per heavy atom. The van der Waals surface area contributed by atoms with E-state index < -0.39 is 70.5 Å². The number of hydrogen-bond donors (Lipinski definition) is 0. The SMILES string of the molecule is Fc1cc(F)c(F)c(P(c2cccc(Cl)n2)c2c(F)c(F)cc(F)c2F)c1F. The van der Waals surface area contributed by atoms with E-state index in [0.29, 0.717) is 0 Å². The van der Waals surface area contributed by atoms with E-state index >= 15 is 0 Å². The molecule has 0 spiro atoms. The summed E-state index contributed by atoms with van der Waals surface area (Å²) in [7, 11) is -3.27. The van der Waals surface area contributed by atoms with Gasteiger partial charge in [-0.3, -0.25) is 0 Å². The van der Waals surface area contributed by atoms with Gasteiger partial charge in [-0.15, -0.1) is 0 Å². The molecule has 0 aliphatic carbocycles. The zero-order chi connectivity index (χ0) is 20.7. The van der Waals surface area contributed by atoms with Gasteiger partial charge in [0.25, 0.3) is 0 Å². The third-order valence-electron chi connectivity index (χ3n) is 3.55. The highest BCUT2D eigenvalue weighted by molar-refractivity contribution is 7.79. The van der Waals surface area contributed by atoms with Gasteiger partial charge < -0.3 is 0 Å². The Morgan fingerprint density at radius 3 is 1.39 bits per heavy atom. The number of pyridine rings is 1. The van der Waals surface area contributed by atoms with Crippen molar-refractivity contribution in [2.75, 3.05) is 0 Å². The minimum Gasteiger partial charge on any atom is -0.236 e. The first-order valence-corrected chi connectivity index (χ1v) is 8.94. The van der Waals surface area contributed by atoms with Crippen molar-refractivity contribution >= 4 is 35.6 Å². The summed E-state index contributed by atoms with van der Waals surface area (Å²) in [6.45, 7) is 0. The van der Waals surface area contributed by atoms with E-state index in [1.807, 2.05) is 0 Å². The number of hydrogen-bond acceptors (Lipinski definition) is 1. The summed E-state index contributed by atoms with van der Waals surface area (Å²) in [5.74, 6) is -15.5. The smallest absolute Gasteiger partial charge is 0.170 e. The van der Waals surface area contributed by atoms with Gasteiger partial charge in [-0.2, -0.15) is 0 Å². The minimum absolute atomic E-state index is 0.119. The summed E-state index contributed by atoms with van der Waals surface area (Å²) >= 11 is 5.68. The van der Waals surface area contributed by atoms with E-state index in [0.717, 1.165) is 12.1 Å². The second kappa shape index (κ2) is 7.64. The van der Waals surface area contributed by atoms with Crippen molar-refractivity contribution in [1.82, 2.24) is 4.98 Å². The van der Waals surface area contributed by atoms with Crippen molar-refractivity contribution < 1.29 is 35.1 Å². The average molecular weight is 442 g/mol. The third-order valence-corrected chi connectivity index (χ3v) is 6.15. The fraction of sp³-hybridized carbons (Fsp3) is 0. The van der Waals surface area contributed by atoms with Crippen molar-refractivity contribution in [3.63, 3.8) is 0 Å². The monoisotopic (exact) mass is 441 g/mol. The molecule has 11 heteroatoms. The van der Waals surface area contributed by atoms with E-state index in [9.17, 15) is 35.1 Å². The fourth-order valence-electron chi connectivity index (χ4n) is 2.38. The van der Waals surface area contributed by atoms with Crippen LogP contribution in [0.2, 0.25) is 5.15 Å². The van der Waals surface area contributed by atoms with Gasteiger partial charge in [-0.25, -0.2) is 40.1 Å². The van der Waals surface area contributed by atoms with Crippen LogP contribution in [0.5, 0.6) is 0 Å². The van der Waals surface area contributed by atoms with Crippen LogP contribution in [0.4, 0.5) is 35.1 Å². The van der Waals surface area contributed by atoms with Gasteiger partial charge in [0.2, 0.25) is 0 Å². The molecule has 2 aromatic carbocycles. The highest BCUT2D eigenvalue weighted by Gasteiger charge is 2.35. The van der Waals surface area contributed by atoms with Gasteiger partial charge in [0.15, 0.2) is 46.5 Å². The summed E-state index contributed by atoms with van der Waals surface area (Å²) in [4.78, 5) is 3.65. The molecule has 0 amide bonds. The molecule has 0 fully saturated rings. The van der Waals surface area contributed by atoms with Crippen LogP contribution in [0.1, 0.15) is 0 Å². The lowest BCUT2D eigenvalue weighted by Gasteiger charge is -2.21. The Morgan fingerprint density at radius 2 is 1.04 bits per heavy atom. The summed E-state index contributed by atoms with van der Waals surface area (Å²) in [5, 5.41) is -3.24. The fourth-order valence-corrected chi connectivity index (χ4v) is 4.94. The van der Waals surface area contributed by atoms with Gasteiger partial charge in [0.05, 0.1) is 16.0 Å². The van der Waals surface area contributed by atoms with Crippen molar-refractivity contribution in [2.45, 2.75) is 0 Å². The van der Waals surface area contributed by atoms with E-state index in [-0.39, 0.29) is 17.3 Å². The first-order chi connectivity index (χ1) is 13.1. The Hall–Kier alpha value is -2.25. The van der Waals surface area contributed by atoms with Gasteiger partial charge in [-0.1, -0.05) is 17.7 Å². The summed E-state index contributed by atoms with van der Waals surface area (Å²) in [6.07, 6.45) is 0. The molecule has 0 atom stereocenters. The van der Waals surface area contributed by atoms with Crippen LogP contribution in [0.25, 0.3) is 0 Å². The van der Waals surface area contributed by atoms with Gasteiger partial charge in [-0.05, 0) is 12.1 Å². The quantitative estimate of drug-likeness (QED) is 0.250. The molecule has 0 bridgehead atoms. The van der Waals surface area contributed by atoms with Crippen LogP contribution in [0.15, 0.2) is 30.3 Å². The molecule has 28 heavy (non-hydrogen) atoms. The van der Waals surface area contributed by atoms with Crippen molar-refractivity contribution in [3.05, 3.63) is 82.0 Å². The van der Waals surface area contributed by atoms with Crippen LogP contribution < -0.4 is 16.0 Å². The lowest BCUT2D eigenvalue weighted by Crippen LogP contribution is -2.33. The van der Waals surface area contributed by atoms with Crippen molar-refractivity contribution in [3.8, 4) is 0 Å². The number of benzene rings is 2. The van der Waals surface area contributed by atoms with E-state index in [1.165, 1.54) is 6.07 Å². The van der Waals surface area contributed by atoms with Gasteiger partial charge in [0.1, 0.15) is 5.15 Å². The molecule has 3 rings (SSSR count). The molecular weight excluding hydrogens is 437 g/mol. The zero-order valence-electron chi connectivity index (χ0n) is 13.2. The Labute approximate surface area is 158 Å². The maximum absolute atomic E-state index is 14.4. The Kier molecular flexibility index (Phi) is 5.59. The lowest BCUT2D eigenvalue weighted by molar-refractivity contribution is 0.461. The van der Waals surface area contributed by atoms with Crippen LogP contribution in [-0.2, 0) is 0 Å². The topological polar surface area (TPSA) is 12.9 Å². The molecule has 0 aliphatic rings. The molecule has 146 valence electrons. The van der Waals surface area contributed by atoms with E-state index in [2.05, 4.69) is 4.98 Å². The normalized spacial score (nSPS) is 11.4. The number of halogens is 9. The maximum atomic E-state index is 14.4. The number of aromatic nitrogens is 1. The van der Waals surface area contributed by atoms with Crippen molar-refractivity contribution in [1.29, 1.82) is 0 Å². The predicted molar refractivity (Wildman–Crippen MR) is 87.6 cm³/mol.